The Morgan fingerprint density at radius 2 is 2.17 bits per heavy atom. The summed E-state index contributed by atoms with van der Waals surface area (Å²) >= 11 is 0. The Hall–Kier alpha value is -2.22. The van der Waals surface area contributed by atoms with E-state index in [9.17, 15) is 4.79 Å². The van der Waals surface area contributed by atoms with E-state index >= 15 is 0 Å². The fraction of sp³-hybridized carbons (Fsp3) is 0.600. The van der Waals surface area contributed by atoms with Gasteiger partial charge in [-0.15, -0.1) is 0 Å². The zero-order valence-electron chi connectivity index (χ0n) is 13.1. The Balaban J connectivity index is 1.51. The van der Waals surface area contributed by atoms with Crippen LogP contribution >= 0.6 is 0 Å². The lowest BCUT2D eigenvalue weighted by Crippen LogP contribution is -2.37. The van der Waals surface area contributed by atoms with Gasteiger partial charge in [-0.25, -0.2) is 15.0 Å². The molecule has 1 amide bonds. The number of nitrogens with two attached hydrogens (primary N) is 1. The first-order valence-corrected chi connectivity index (χ1v) is 8.00. The van der Waals surface area contributed by atoms with Gasteiger partial charge < -0.3 is 19.9 Å². The van der Waals surface area contributed by atoms with Crippen molar-refractivity contribution in [3.05, 3.63) is 12.7 Å². The molecule has 3 unspecified atom stereocenters. The van der Waals surface area contributed by atoms with Crippen molar-refractivity contribution in [2.24, 2.45) is 0 Å². The van der Waals surface area contributed by atoms with Crippen molar-refractivity contribution in [2.45, 2.75) is 44.4 Å². The molecule has 8 heteroatoms. The average molecular weight is 316 g/mol. The van der Waals surface area contributed by atoms with E-state index in [0.717, 1.165) is 31.5 Å². The van der Waals surface area contributed by atoms with Crippen LogP contribution in [0.3, 0.4) is 0 Å². The first kappa shape index (κ1) is 14.4. The number of imidazole rings is 1. The number of carbonyl (C=O) groups excluding carboxylic acids is 1. The van der Waals surface area contributed by atoms with Crippen molar-refractivity contribution in [1.29, 1.82) is 0 Å². The highest BCUT2D eigenvalue weighted by molar-refractivity contribution is 5.82. The molecule has 4 heterocycles. The first-order chi connectivity index (χ1) is 11.1. The number of hydrogen-bond acceptors (Lipinski definition) is 6. The summed E-state index contributed by atoms with van der Waals surface area (Å²) in [7, 11) is 0. The standard InChI is InChI=1S/C15H20N6O2/c1-9-2-3-11(23-9)15(22)20-5-4-10(6-20)21-8-19-12-13(16)17-7-18-14(12)21/h7-11H,2-6H2,1H3,(H2,16,17,18). The third-order valence-corrected chi connectivity index (χ3v) is 4.76. The molecule has 2 saturated heterocycles. The van der Waals surface area contributed by atoms with Gasteiger partial charge in [0.2, 0.25) is 0 Å². The minimum Gasteiger partial charge on any atom is -0.382 e. The van der Waals surface area contributed by atoms with Crippen molar-refractivity contribution in [3.63, 3.8) is 0 Å². The van der Waals surface area contributed by atoms with Gasteiger partial charge in [0.15, 0.2) is 11.5 Å². The van der Waals surface area contributed by atoms with Gasteiger partial charge >= 0.3 is 0 Å². The number of nitrogens with zero attached hydrogens (tertiary/aromatic N) is 5. The molecule has 0 aromatic carbocycles. The summed E-state index contributed by atoms with van der Waals surface area (Å²) in [5.74, 6) is 0.489. The Morgan fingerprint density at radius 1 is 1.30 bits per heavy atom. The molecule has 8 nitrogen and oxygen atoms in total. The smallest absolute Gasteiger partial charge is 0.251 e. The maximum Gasteiger partial charge on any atom is 0.251 e. The summed E-state index contributed by atoms with van der Waals surface area (Å²) in [6.07, 6.45) is 5.74. The number of anilines is 1. The van der Waals surface area contributed by atoms with Gasteiger partial charge in [0.25, 0.3) is 5.91 Å². The van der Waals surface area contributed by atoms with Crippen molar-refractivity contribution >= 4 is 22.9 Å². The van der Waals surface area contributed by atoms with Gasteiger partial charge in [0.05, 0.1) is 18.5 Å². The fourth-order valence-corrected chi connectivity index (χ4v) is 3.49. The molecule has 0 bridgehead atoms. The molecule has 2 aromatic heterocycles. The molecule has 122 valence electrons. The number of carbonyl (C=O) groups is 1. The molecule has 3 atom stereocenters. The predicted octanol–water partition coefficient (Wildman–Crippen LogP) is 0.749. The molecule has 2 fully saturated rings. The molecule has 2 aliphatic rings. The number of hydrogen-bond donors (Lipinski definition) is 1. The highest BCUT2D eigenvalue weighted by atomic mass is 16.5. The third-order valence-electron chi connectivity index (χ3n) is 4.76. The van der Waals surface area contributed by atoms with Gasteiger partial charge in [0, 0.05) is 13.1 Å². The Labute approximate surface area is 133 Å². The SMILES string of the molecule is CC1CCC(C(=O)N2CCC(n3cnc4c(N)ncnc43)C2)O1. The first-order valence-electron chi connectivity index (χ1n) is 8.00. The van der Waals surface area contributed by atoms with E-state index in [4.69, 9.17) is 10.5 Å². The van der Waals surface area contributed by atoms with Crippen LogP contribution in [0.1, 0.15) is 32.2 Å². The summed E-state index contributed by atoms with van der Waals surface area (Å²) in [4.78, 5) is 27.0. The monoisotopic (exact) mass is 316 g/mol. The van der Waals surface area contributed by atoms with Gasteiger partial charge in [-0.3, -0.25) is 4.79 Å². The van der Waals surface area contributed by atoms with Crippen LogP contribution < -0.4 is 5.73 Å². The van der Waals surface area contributed by atoms with Crippen molar-refractivity contribution < 1.29 is 9.53 Å². The lowest BCUT2D eigenvalue weighted by atomic mass is 10.2. The second kappa shape index (κ2) is 5.45. The minimum atomic E-state index is -0.277. The quantitative estimate of drug-likeness (QED) is 0.877. The van der Waals surface area contributed by atoms with Crippen molar-refractivity contribution in [2.75, 3.05) is 18.8 Å². The van der Waals surface area contributed by atoms with E-state index in [1.165, 1.54) is 6.33 Å². The van der Waals surface area contributed by atoms with Crippen LogP contribution in [0.15, 0.2) is 12.7 Å². The number of likely N-dealkylation sites (tertiary alicyclic amines) is 1. The molecule has 2 N–H and O–H groups in total. The number of amides is 1. The molecule has 0 aliphatic carbocycles. The van der Waals surface area contributed by atoms with E-state index in [1.807, 2.05) is 16.4 Å². The Kier molecular flexibility index (Phi) is 3.41. The summed E-state index contributed by atoms with van der Waals surface area (Å²) in [6, 6.07) is 0.164. The molecule has 23 heavy (non-hydrogen) atoms. The summed E-state index contributed by atoms with van der Waals surface area (Å²) in [6.45, 7) is 3.40. The summed E-state index contributed by atoms with van der Waals surface area (Å²) in [5, 5.41) is 0. The van der Waals surface area contributed by atoms with Crippen LogP contribution in [-0.2, 0) is 9.53 Å². The van der Waals surface area contributed by atoms with E-state index in [1.54, 1.807) is 6.33 Å². The van der Waals surface area contributed by atoms with Gasteiger partial charge in [-0.1, -0.05) is 0 Å². The normalized spacial score (nSPS) is 27.9. The summed E-state index contributed by atoms with van der Waals surface area (Å²) < 4.78 is 7.70. The maximum absolute atomic E-state index is 12.6. The van der Waals surface area contributed by atoms with E-state index in [0.29, 0.717) is 17.9 Å². The highest BCUT2D eigenvalue weighted by Gasteiger charge is 2.36. The van der Waals surface area contributed by atoms with Gasteiger partial charge in [0.1, 0.15) is 17.9 Å². The topological polar surface area (TPSA) is 99.2 Å². The van der Waals surface area contributed by atoms with Crippen molar-refractivity contribution in [3.8, 4) is 0 Å². The zero-order valence-corrected chi connectivity index (χ0v) is 13.1. The molecular formula is C15H20N6O2. The number of fused-ring (bicyclic) bond motifs is 1. The molecule has 0 spiro atoms. The highest BCUT2D eigenvalue weighted by Crippen LogP contribution is 2.28. The Morgan fingerprint density at radius 3 is 2.96 bits per heavy atom. The maximum atomic E-state index is 12.6. The summed E-state index contributed by atoms with van der Waals surface area (Å²) in [5.41, 5.74) is 7.17. The minimum absolute atomic E-state index is 0.107. The van der Waals surface area contributed by atoms with Crippen LogP contribution in [0.25, 0.3) is 11.2 Å². The van der Waals surface area contributed by atoms with E-state index < -0.39 is 0 Å². The molecule has 0 radical (unpaired) electrons. The Bertz CT molecular complexity index is 745. The number of rotatable bonds is 2. The van der Waals surface area contributed by atoms with Crippen LogP contribution in [0.5, 0.6) is 0 Å². The molecular weight excluding hydrogens is 296 g/mol. The van der Waals surface area contributed by atoms with Crippen molar-refractivity contribution in [1.82, 2.24) is 24.4 Å². The van der Waals surface area contributed by atoms with Crippen LogP contribution in [-0.4, -0.2) is 55.6 Å². The second-order valence-corrected chi connectivity index (χ2v) is 6.32. The lowest BCUT2D eigenvalue weighted by Gasteiger charge is -2.21. The lowest BCUT2D eigenvalue weighted by molar-refractivity contribution is -0.141. The fourth-order valence-electron chi connectivity index (χ4n) is 3.49. The van der Waals surface area contributed by atoms with Gasteiger partial charge in [-0.2, -0.15) is 0 Å². The second-order valence-electron chi connectivity index (χ2n) is 6.32. The molecule has 4 rings (SSSR count). The van der Waals surface area contributed by atoms with Crippen LogP contribution in [0, 0.1) is 0 Å². The number of nitrogen functional groups attached to an aromatic ring is 1. The molecule has 0 saturated carbocycles. The molecule has 2 aliphatic heterocycles. The number of aromatic nitrogens is 4. The van der Waals surface area contributed by atoms with E-state index in [-0.39, 0.29) is 24.2 Å². The predicted molar refractivity (Wildman–Crippen MR) is 83.5 cm³/mol. The number of ether oxygens (including phenoxy) is 1. The van der Waals surface area contributed by atoms with Gasteiger partial charge in [-0.05, 0) is 26.2 Å². The van der Waals surface area contributed by atoms with E-state index in [2.05, 4.69) is 15.0 Å². The average Bonchev–Trinajstić information content (AvgIpc) is 3.24. The third kappa shape index (κ3) is 2.42. The zero-order chi connectivity index (χ0) is 16.0. The van der Waals surface area contributed by atoms with Crippen LogP contribution in [0.4, 0.5) is 5.82 Å². The molecule has 2 aromatic rings. The van der Waals surface area contributed by atoms with Crippen LogP contribution in [0.2, 0.25) is 0 Å². The largest absolute Gasteiger partial charge is 0.382 e.